The summed E-state index contributed by atoms with van der Waals surface area (Å²) in [6.45, 7) is 0.740. The maximum atomic E-state index is 13.9. The van der Waals surface area contributed by atoms with Crippen LogP contribution < -0.4 is 5.32 Å². The third kappa shape index (κ3) is 4.92. The van der Waals surface area contributed by atoms with E-state index in [-0.39, 0.29) is 41.9 Å². The number of hydrogen-bond acceptors (Lipinski definition) is 5. The Balaban J connectivity index is 2.04. The smallest absolute Gasteiger partial charge is 0.307 e. The van der Waals surface area contributed by atoms with E-state index in [2.05, 4.69) is 10.1 Å². The van der Waals surface area contributed by atoms with Gasteiger partial charge in [-0.05, 0) is 12.1 Å². The molecule has 142 valence electrons. The summed E-state index contributed by atoms with van der Waals surface area (Å²) in [5.41, 5.74) is 0.229. The molecule has 1 saturated heterocycles. The van der Waals surface area contributed by atoms with Crippen molar-refractivity contribution in [3.63, 3.8) is 0 Å². The molecule has 1 aliphatic heterocycles. The van der Waals surface area contributed by atoms with Gasteiger partial charge in [0.25, 0.3) is 0 Å². The maximum Gasteiger partial charge on any atom is 0.307 e. The molecule has 0 radical (unpaired) electrons. The third-order valence-electron chi connectivity index (χ3n) is 4.25. The largest absolute Gasteiger partial charge is 0.469 e. The Labute approximate surface area is 156 Å². The van der Waals surface area contributed by atoms with Crippen LogP contribution in [0.4, 0.5) is 4.39 Å². The molecule has 1 heterocycles. The van der Waals surface area contributed by atoms with E-state index in [1.807, 2.05) is 0 Å². The summed E-state index contributed by atoms with van der Waals surface area (Å²) in [6.07, 6.45) is -0.140. The first-order valence-electron chi connectivity index (χ1n) is 8.09. The number of nitrogens with one attached hydrogen (secondary N) is 1. The molecule has 7 nitrogen and oxygen atoms in total. The molecule has 0 unspecified atom stereocenters. The van der Waals surface area contributed by atoms with Crippen LogP contribution in [0.3, 0.4) is 0 Å². The van der Waals surface area contributed by atoms with Crippen LogP contribution in [0.2, 0.25) is 5.02 Å². The molecule has 9 heteroatoms. The van der Waals surface area contributed by atoms with Gasteiger partial charge in [0.2, 0.25) is 11.8 Å². The van der Waals surface area contributed by atoms with Crippen molar-refractivity contribution in [3.8, 4) is 0 Å². The van der Waals surface area contributed by atoms with Crippen molar-refractivity contribution < 1.29 is 23.5 Å². The maximum absolute atomic E-state index is 13.9. The summed E-state index contributed by atoms with van der Waals surface area (Å²) >= 11 is 5.99. The van der Waals surface area contributed by atoms with Gasteiger partial charge < -0.3 is 15.0 Å². The minimum atomic E-state index is -0.773. The minimum Gasteiger partial charge on any atom is -0.469 e. The number of rotatable bonds is 6. The Morgan fingerprint density at radius 1 is 1.46 bits per heavy atom. The van der Waals surface area contributed by atoms with Crippen LogP contribution in [0, 0.1) is 5.82 Å². The van der Waals surface area contributed by atoms with Crippen LogP contribution >= 0.6 is 11.6 Å². The molecule has 1 N–H and O–H groups in total. The standard InChI is InChI=1S/C17H21ClFN3O4/c1-21(9-11-12(18)4-3-5-13(11)19)15(23)10-22-7-6-20-17(25)14(22)8-16(24)26-2/h3-5,14H,6-10H2,1-2H3,(H,20,25)/t14-/m1/s1. The fourth-order valence-electron chi connectivity index (χ4n) is 2.72. The van der Waals surface area contributed by atoms with E-state index >= 15 is 0 Å². The molecule has 1 atom stereocenters. The Hall–Kier alpha value is -2.19. The zero-order chi connectivity index (χ0) is 19.3. The number of carbonyl (C=O) groups is 3. The van der Waals surface area contributed by atoms with Gasteiger partial charge >= 0.3 is 5.97 Å². The van der Waals surface area contributed by atoms with Gasteiger partial charge in [0.05, 0.1) is 20.1 Å². The Morgan fingerprint density at radius 2 is 2.19 bits per heavy atom. The van der Waals surface area contributed by atoms with Gasteiger partial charge in [-0.15, -0.1) is 0 Å². The number of methoxy groups -OCH3 is 1. The van der Waals surface area contributed by atoms with E-state index in [1.165, 1.54) is 31.2 Å². The zero-order valence-corrected chi connectivity index (χ0v) is 15.4. The van der Waals surface area contributed by atoms with Crippen molar-refractivity contribution in [1.29, 1.82) is 0 Å². The fourth-order valence-corrected chi connectivity index (χ4v) is 2.94. The summed E-state index contributed by atoms with van der Waals surface area (Å²) in [4.78, 5) is 39.0. The van der Waals surface area contributed by atoms with E-state index in [4.69, 9.17) is 11.6 Å². The number of carbonyl (C=O) groups excluding carboxylic acids is 3. The molecular weight excluding hydrogens is 365 g/mol. The lowest BCUT2D eigenvalue weighted by Crippen LogP contribution is -2.58. The lowest BCUT2D eigenvalue weighted by molar-refractivity contribution is -0.147. The van der Waals surface area contributed by atoms with E-state index in [0.717, 1.165) is 0 Å². The van der Waals surface area contributed by atoms with E-state index in [9.17, 15) is 18.8 Å². The van der Waals surface area contributed by atoms with Gasteiger partial charge in [-0.3, -0.25) is 19.3 Å². The van der Waals surface area contributed by atoms with Crippen LogP contribution in [0.1, 0.15) is 12.0 Å². The summed E-state index contributed by atoms with van der Waals surface area (Å²) in [5, 5.41) is 2.91. The average Bonchev–Trinajstić information content (AvgIpc) is 2.60. The average molecular weight is 386 g/mol. The van der Waals surface area contributed by atoms with Crippen molar-refractivity contribution in [2.75, 3.05) is 33.8 Å². The first-order valence-corrected chi connectivity index (χ1v) is 8.46. The molecule has 1 aliphatic rings. The van der Waals surface area contributed by atoms with Crippen molar-refractivity contribution in [2.24, 2.45) is 0 Å². The molecule has 1 fully saturated rings. The second-order valence-electron chi connectivity index (χ2n) is 6.01. The summed E-state index contributed by atoms with van der Waals surface area (Å²) in [5.74, 6) is -1.66. The van der Waals surface area contributed by atoms with Gasteiger partial charge in [-0.2, -0.15) is 0 Å². The Morgan fingerprint density at radius 3 is 2.85 bits per heavy atom. The number of piperazine rings is 1. The topological polar surface area (TPSA) is 79.0 Å². The zero-order valence-electron chi connectivity index (χ0n) is 14.6. The quantitative estimate of drug-likeness (QED) is 0.733. The second-order valence-corrected chi connectivity index (χ2v) is 6.41. The molecule has 1 aromatic rings. The second kappa shape index (κ2) is 8.95. The highest BCUT2D eigenvalue weighted by atomic mass is 35.5. The predicted molar refractivity (Wildman–Crippen MR) is 92.9 cm³/mol. The number of likely N-dealkylation sites (N-methyl/N-ethyl adjacent to an activating group) is 1. The van der Waals surface area contributed by atoms with Crippen molar-refractivity contribution >= 4 is 29.4 Å². The fraction of sp³-hybridized carbons (Fsp3) is 0.471. The predicted octanol–water partition coefficient (Wildman–Crippen LogP) is 0.801. The molecule has 0 aliphatic carbocycles. The monoisotopic (exact) mass is 385 g/mol. The molecule has 0 aromatic heterocycles. The summed E-state index contributed by atoms with van der Waals surface area (Å²) in [7, 11) is 2.77. The SMILES string of the molecule is COC(=O)C[C@@H]1C(=O)NCCN1CC(=O)N(C)Cc1c(F)cccc1Cl. The number of hydrogen-bond donors (Lipinski definition) is 1. The van der Waals surface area contributed by atoms with Gasteiger partial charge in [0.15, 0.2) is 0 Å². The van der Waals surface area contributed by atoms with Crippen molar-refractivity contribution in [2.45, 2.75) is 19.0 Å². The number of ether oxygens (including phenoxy) is 1. The molecule has 2 rings (SSSR count). The summed E-state index contributed by atoms with van der Waals surface area (Å²) < 4.78 is 18.5. The lowest BCUT2D eigenvalue weighted by atomic mass is 10.1. The molecule has 1 aromatic carbocycles. The highest BCUT2D eigenvalue weighted by Crippen LogP contribution is 2.20. The molecule has 0 spiro atoms. The van der Waals surface area contributed by atoms with E-state index < -0.39 is 17.8 Å². The Kier molecular flexibility index (Phi) is 6.93. The van der Waals surface area contributed by atoms with Crippen LogP contribution in [0.5, 0.6) is 0 Å². The first-order chi connectivity index (χ1) is 12.3. The normalized spacial score (nSPS) is 17.5. The number of amides is 2. The summed E-state index contributed by atoms with van der Waals surface area (Å²) in [6, 6.07) is 3.55. The van der Waals surface area contributed by atoms with E-state index in [1.54, 1.807) is 11.0 Å². The Bertz CT molecular complexity index is 680. The first kappa shape index (κ1) is 20.1. The van der Waals surface area contributed by atoms with E-state index in [0.29, 0.717) is 13.1 Å². The van der Waals surface area contributed by atoms with Crippen molar-refractivity contribution in [1.82, 2.24) is 15.1 Å². The highest BCUT2D eigenvalue weighted by molar-refractivity contribution is 6.31. The molecule has 0 saturated carbocycles. The lowest BCUT2D eigenvalue weighted by Gasteiger charge is -2.34. The van der Waals surface area contributed by atoms with Crippen LogP contribution in [-0.2, 0) is 25.7 Å². The van der Waals surface area contributed by atoms with Crippen LogP contribution in [-0.4, -0.2) is 67.4 Å². The van der Waals surface area contributed by atoms with Gasteiger partial charge in [-0.25, -0.2) is 4.39 Å². The van der Waals surface area contributed by atoms with Crippen molar-refractivity contribution in [3.05, 3.63) is 34.6 Å². The van der Waals surface area contributed by atoms with Gasteiger partial charge in [-0.1, -0.05) is 17.7 Å². The number of esters is 1. The van der Waals surface area contributed by atoms with Crippen LogP contribution in [0.15, 0.2) is 18.2 Å². The number of nitrogens with zero attached hydrogens (tertiary/aromatic N) is 2. The molecular formula is C17H21ClFN3O4. The van der Waals surface area contributed by atoms with Crippen LogP contribution in [0.25, 0.3) is 0 Å². The third-order valence-corrected chi connectivity index (χ3v) is 4.60. The van der Waals surface area contributed by atoms with Gasteiger partial charge in [0.1, 0.15) is 11.9 Å². The van der Waals surface area contributed by atoms with Gasteiger partial charge in [0, 0.05) is 37.3 Å². The number of halogens is 2. The molecule has 0 bridgehead atoms. The molecule has 26 heavy (non-hydrogen) atoms. The molecule has 2 amide bonds. The minimum absolute atomic E-state index is 0.00600. The number of benzene rings is 1. The highest BCUT2D eigenvalue weighted by Gasteiger charge is 2.33.